The molecule has 10 nitrogen and oxygen atoms in total. The highest BCUT2D eigenvalue weighted by molar-refractivity contribution is 6.31. The largest absolute Gasteiger partial charge is 0.464 e. The number of carbonyl (C=O) groups excluding carboxylic acids is 2. The molecule has 1 amide bonds. The van der Waals surface area contributed by atoms with Gasteiger partial charge in [0.15, 0.2) is 11.5 Å². The van der Waals surface area contributed by atoms with Crippen LogP contribution in [0.4, 0.5) is 18.9 Å². The lowest BCUT2D eigenvalue weighted by Gasteiger charge is -2.40. The van der Waals surface area contributed by atoms with E-state index in [-0.39, 0.29) is 54.5 Å². The summed E-state index contributed by atoms with van der Waals surface area (Å²) in [4.78, 5) is 33.7. The summed E-state index contributed by atoms with van der Waals surface area (Å²) in [5.41, 5.74) is 0.917. The first-order chi connectivity index (χ1) is 18.5. The molecule has 14 heteroatoms. The Morgan fingerprint density at radius 3 is 2.64 bits per heavy atom. The summed E-state index contributed by atoms with van der Waals surface area (Å²) in [5, 5.41) is 18.0. The number of aromatic nitrogens is 4. The Kier molecular flexibility index (Phi) is 6.84. The highest BCUT2D eigenvalue weighted by Crippen LogP contribution is 2.38. The molecule has 2 atom stereocenters. The van der Waals surface area contributed by atoms with E-state index in [1.807, 2.05) is 11.8 Å². The smallest absolute Gasteiger partial charge is 0.451 e. The van der Waals surface area contributed by atoms with Crippen LogP contribution in [0.3, 0.4) is 0 Å². The van der Waals surface area contributed by atoms with Crippen molar-refractivity contribution < 1.29 is 27.5 Å². The number of benzene rings is 1. The van der Waals surface area contributed by atoms with E-state index in [0.29, 0.717) is 41.1 Å². The summed E-state index contributed by atoms with van der Waals surface area (Å²) in [7, 11) is 1.21. The number of hydrogen-bond acceptors (Lipinski definition) is 8. The summed E-state index contributed by atoms with van der Waals surface area (Å²) in [6, 6.07) is 7.07. The molecule has 5 rings (SSSR count). The van der Waals surface area contributed by atoms with Crippen molar-refractivity contribution in [2.75, 3.05) is 31.6 Å². The fourth-order valence-corrected chi connectivity index (χ4v) is 5.58. The molecule has 1 aromatic carbocycles. The number of anilines is 1. The molecular formula is C25H23ClF3N7O3. The van der Waals surface area contributed by atoms with Crippen LogP contribution < -0.4 is 4.90 Å². The fourth-order valence-electron chi connectivity index (χ4n) is 5.40. The number of carbonyl (C=O) groups is 2. The summed E-state index contributed by atoms with van der Waals surface area (Å²) < 4.78 is 45.4. The summed E-state index contributed by atoms with van der Waals surface area (Å²) in [5.74, 6) is -2.43. The number of alkyl halides is 3. The van der Waals surface area contributed by atoms with Crippen molar-refractivity contribution in [1.29, 1.82) is 5.26 Å². The fraction of sp³-hybridized carbons (Fsp3) is 0.440. The van der Waals surface area contributed by atoms with Gasteiger partial charge in [0.1, 0.15) is 11.6 Å². The average Bonchev–Trinajstić information content (AvgIpc) is 3.35. The Labute approximate surface area is 225 Å². The number of hydrogen-bond donors (Lipinski definition) is 0. The first-order valence-corrected chi connectivity index (χ1v) is 12.6. The van der Waals surface area contributed by atoms with Crippen molar-refractivity contribution in [3.05, 3.63) is 46.1 Å². The zero-order valence-electron chi connectivity index (χ0n) is 21.0. The number of ether oxygens (including phenoxy) is 1. The van der Waals surface area contributed by atoms with Gasteiger partial charge in [-0.1, -0.05) is 18.5 Å². The maximum absolute atomic E-state index is 13.5. The lowest BCUT2D eigenvalue weighted by atomic mass is 9.85. The molecule has 2 aliphatic rings. The minimum atomic E-state index is -4.61. The third-order valence-corrected chi connectivity index (χ3v) is 7.50. The van der Waals surface area contributed by atoms with Crippen molar-refractivity contribution in [1.82, 2.24) is 24.6 Å². The predicted octanol–water partition coefficient (Wildman–Crippen LogP) is 3.66. The molecule has 2 aromatic heterocycles. The highest BCUT2D eigenvalue weighted by Gasteiger charge is 2.41. The quantitative estimate of drug-likeness (QED) is 0.445. The number of nitrogens with zero attached hydrogens (tertiary/aromatic N) is 7. The van der Waals surface area contributed by atoms with Gasteiger partial charge in [-0.05, 0) is 30.5 Å². The van der Waals surface area contributed by atoms with Crippen LogP contribution in [0.15, 0.2) is 18.2 Å². The van der Waals surface area contributed by atoms with Gasteiger partial charge in [-0.2, -0.15) is 18.4 Å². The van der Waals surface area contributed by atoms with Gasteiger partial charge in [0.2, 0.25) is 11.7 Å². The van der Waals surface area contributed by atoms with Crippen LogP contribution in [0.25, 0.3) is 10.9 Å². The Balaban J connectivity index is 1.40. The van der Waals surface area contributed by atoms with E-state index in [2.05, 4.69) is 21.3 Å². The van der Waals surface area contributed by atoms with Crippen LogP contribution in [0, 0.1) is 23.2 Å². The van der Waals surface area contributed by atoms with Crippen molar-refractivity contribution in [3.8, 4) is 6.07 Å². The molecule has 1 fully saturated rings. The van der Waals surface area contributed by atoms with Gasteiger partial charge in [0.25, 0.3) is 0 Å². The van der Waals surface area contributed by atoms with E-state index < -0.39 is 18.0 Å². The van der Waals surface area contributed by atoms with Gasteiger partial charge >= 0.3 is 12.1 Å². The van der Waals surface area contributed by atoms with Gasteiger partial charge in [-0.25, -0.2) is 9.78 Å². The second-order valence-corrected chi connectivity index (χ2v) is 10.1. The van der Waals surface area contributed by atoms with Gasteiger partial charge in [-0.15, -0.1) is 10.2 Å². The van der Waals surface area contributed by atoms with Crippen molar-refractivity contribution >= 4 is 40.1 Å². The molecule has 4 heterocycles. The maximum atomic E-state index is 13.5. The van der Waals surface area contributed by atoms with Gasteiger partial charge in [0, 0.05) is 42.5 Å². The number of piperidine rings is 1. The van der Waals surface area contributed by atoms with Crippen LogP contribution in [0.1, 0.15) is 41.0 Å². The molecule has 1 saturated heterocycles. The zero-order chi connectivity index (χ0) is 28.1. The monoisotopic (exact) mass is 561 g/mol. The van der Waals surface area contributed by atoms with Crippen molar-refractivity contribution in [2.45, 2.75) is 32.6 Å². The van der Waals surface area contributed by atoms with E-state index in [0.717, 1.165) is 4.57 Å². The molecule has 0 unspecified atom stereocenters. The standard InChI is InChI=1S/C25H23ClF3N7O3/c1-13-11-34(21-16-9-14(26)3-4-18(16)31-20(17(21)10-30)23(38)39-2)6-5-15(13)22(37)35-7-8-36-19(12-35)32-33-24(36)25(27,28)29/h3-4,9,13,15H,5-8,11-12H2,1-2H3/t13-,15+/m1/s1. The van der Waals surface area contributed by atoms with Gasteiger partial charge < -0.3 is 19.1 Å². The number of pyridine rings is 1. The van der Waals surface area contributed by atoms with E-state index >= 15 is 0 Å². The highest BCUT2D eigenvalue weighted by atomic mass is 35.5. The van der Waals surface area contributed by atoms with Crippen molar-refractivity contribution in [2.24, 2.45) is 11.8 Å². The van der Waals surface area contributed by atoms with E-state index in [1.165, 1.54) is 12.0 Å². The maximum Gasteiger partial charge on any atom is 0.451 e. The Hall–Kier alpha value is -3.92. The summed E-state index contributed by atoms with van der Waals surface area (Å²) in [6.07, 6.45) is -4.18. The molecule has 0 aliphatic carbocycles. The number of fused-ring (bicyclic) bond motifs is 2. The van der Waals surface area contributed by atoms with E-state index in [4.69, 9.17) is 16.3 Å². The molecule has 0 bridgehead atoms. The number of halogens is 4. The van der Waals surface area contributed by atoms with E-state index in [1.54, 1.807) is 18.2 Å². The van der Waals surface area contributed by atoms with Crippen LogP contribution >= 0.6 is 11.6 Å². The lowest BCUT2D eigenvalue weighted by Crippen LogP contribution is -2.49. The Morgan fingerprint density at radius 2 is 1.97 bits per heavy atom. The first kappa shape index (κ1) is 26.7. The second kappa shape index (κ2) is 10.00. The summed E-state index contributed by atoms with van der Waals surface area (Å²) in [6.45, 7) is 2.72. The van der Waals surface area contributed by atoms with Crippen LogP contribution in [0.5, 0.6) is 0 Å². The molecule has 39 heavy (non-hydrogen) atoms. The molecule has 3 aromatic rings. The zero-order valence-corrected chi connectivity index (χ0v) is 21.8. The van der Waals surface area contributed by atoms with Gasteiger partial charge in [-0.3, -0.25) is 4.79 Å². The number of methoxy groups -OCH3 is 1. The third kappa shape index (κ3) is 4.73. The SMILES string of the molecule is COC(=O)c1nc2ccc(Cl)cc2c(N2CC[C@H](C(=O)N3CCn4c(nnc4C(F)(F)F)C3)[C@H](C)C2)c1C#N. The van der Waals surface area contributed by atoms with E-state index in [9.17, 15) is 28.0 Å². The van der Waals surface area contributed by atoms with Crippen LogP contribution in [0.2, 0.25) is 5.02 Å². The molecule has 0 spiro atoms. The minimum Gasteiger partial charge on any atom is -0.464 e. The number of nitriles is 1. The second-order valence-electron chi connectivity index (χ2n) is 9.62. The normalized spacial score (nSPS) is 19.5. The summed E-state index contributed by atoms with van der Waals surface area (Å²) >= 11 is 6.25. The number of rotatable bonds is 3. The number of esters is 1. The van der Waals surface area contributed by atoms with Crippen LogP contribution in [-0.4, -0.2) is 63.3 Å². The Bertz CT molecular complexity index is 1520. The van der Waals surface area contributed by atoms with Gasteiger partial charge in [0.05, 0.1) is 24.9 Å². The predicted molar refractivity (Wildman–Crippen MR) is 133 cm³/mol. The Morgan fingerprint density at radius 1 is 1.21 bits per heavy atom. The number of amides is 1. The third-order valence-electron chi connectivity index (χ3n) is 7.27. The minimum absolute atomic E-state index is 0.0399. The molecule has 0 radical (unpaired) electrons. The molecular weight excluding hydrogens is 539 g/mol. The van der Waals surface area contributed by atoms with Crippen molar-refractivity contribution in [3.63, 3.8) is 0 Å². The molecule has 2 aliphatic heterocycles. The molecule has 0 N–H and O–H groups in total. The first-order valence-electron chi connectivity index (χ1n) is 12.2. The molecule has 204 valence electrons. The lowest BCUT2D eigenvalue weighted by molar-refractivity contribution is -0.148. The van der Waals surface area contributed by atoms with Crippen LogP contribution in [-0.2, 0) is 28.8 Å². The molecule has 0 saturated carbocycles. The topological polar surface area (TPSA) is 117 Å². The average molecular weight is 562 g/mol.